The van der Waals surface area contributed by atoms with E-state index in [9.17, 15) is 4.79 Å². The van der Waals surface area contributed by atoms with Gasteiger partial charge < -0.3 is 14.7 Å². The highest BCUT2D eigenvalue weighted by Crippen LogP contribution is 2.20. The molecule has 104 valence electrons. The van der Waals surface area contributed by atoms with E-state index < -0.39 is 0 Å². The molecule has 0 saturated heterocycles. The third-order valence-corrected chi connectivity index (χ3v) is 2.99. The molecule has 1 aromatic rings. The first-order chi connectivity index (χ1) is 9.08. The summed E-state index contributed by atoms with van der Waals surface area (Å²) in [5, 5.41) is 9.54. The van der Waals surface area contributed by atoms with E-state index in [1.165, 1.54) is 4.90 Å². The summed E-state index contributed by atoms with van der Waals surface area (Å²) in [7, 11) is 0. The Hall–Kier alpha value is -1.52. The predicted octanol–water partition coefficient (Wildman–Crippen LogP) is 2.03. The fourth-order valence-corrected chi connectivity index (χ4v) is 1.66. The summed E-state index contributed by atoms with van der Waals surface area (Å²) in [6.07, 6.45) is 1.61. The molecule has 0 saturated carbocycles. The Balaban J connectivity index is 2.56. The molecular formula is C14H18ClNO3. The van der Waals surface area contributed by atoms with Crippen LogP contribution in [0.5, 0.6) is 5.75 Å². The second-order valence-corrected chi connectivity index (χ2v) is 4.46. The van der Waals surface area contributed by atoms with Gasteiger partial charge in [-0.05, 0) is 30.7 Å². The maximum absolute atomic E-state index is 11.9. The Morgan fingerprint density at radius 3 is 2.89 bits per heavy atom. The average molecular weight is 284 g/mol. The maximum Gasteiger partial charge on any atom is 0.260 e. The van der Waals surface area contributed by atoms with E-state index in [1.54, 1.807) is 24.3 Å². The second kappa shape index (κ2) is 7.81. The Morgan fingerprint density at radius 2 is 2.32 bits per heavy atom. The van der Waals surface area contributed by atoms with Gasteiger partial charge in [-0.25, -0.2) is 0 Å². The number of hydrogen-bond acceptors (Lipinski definition) is 3. The molecular weight excluding hydrogens is 266 g/mol. The van der Waals surface area contributed by atoms with Gasteiger partial charge in [-0.2, -0.15) is 0 Å². The number of carbonyl (C=O) groups is 1. The van der Waals surface area contributed by atoms with Gasteiger partial charge in [0.1, 0.15) is 5.75 Å². The van der Waals surface area contributed by atoms with E-state index >= 15 is 0 Å². The molecule has 0 spiro atoms. The number of amides is 1. The number of ether oxygens (including phenoxy) is 1. The molecule has 0 aromatic heterocycles. The molecule has 0 aliphatic rings. The van der Waals surface area contributed by atoms with Gasteiger partial charge in [0.05, 0.1) is 6.61 Å². The molecule has 4 nitrogen and oxygen atoms in total. The van der Waals surface area contributed by atoms with E-state index in [0.29, 0.717) is 17.3 Å². The average Bonchev–Trinajstić information content (AvgIpc) is 2.39. The SMILES string of the molecule is C=CCN(CCO)C(=O)COc1ccc(Cl)c(C)c1. The minimum atomic E-state index is -0.193. The molecule has 1 amide bonds. The highest BCUT2D eigenvalue weighted by molar-refractivity contribution is 6.31. The molecule has 0 heterocycles. The molecule has 0 radical (unpaired) electrons. The molecule has 1 rings (SSSR count). The van der Waals surface area contributed by atoms with Crippen LogP contribution in [0.2, 0.25) is 5.02 Å². The lowest BCUT2D eigenvalue weighted by Gasteiger charge is -2.20. The Kier molecular flexibility index (Phi) is 6.39. The zero-order valence-corrected chi connectivity index (χ0v) is 11.7. The maximum atomic E-state index is 11.9. The highest BCUT2D eigenvalue weighted by Gasteiger charge is 2.12. The molecule has 0 unspecified atom stereocenters. The van der Waals surface area contributed by atoms with Gasteiger partial charge in [0, 0.05) is 18.1 Å². The van der Waals surface area contributed by atoms with Crippen molar-refractivity contribution >= 4 is 17.5 Å². The van der Waals surface area contributed by atoms with Crippen LogP contribution in [0.15, 0.2) is 30.9 Å². The van der Waals surface area contributed by atoms with E-state index in [1.807, 2.05) is 6.92 Å². The smallest absolute Gasteiger partial charge is 0.260 e. The van der Waals surface area contributed by atoms with Gasteiger partial charge in [0.25, 0.3) is 5.91 Å². The van der Waals surface area contributed by atoms with Crippen molar-refractivity contribution in [2.24, 2.45) is 0 Å². The Morgan fingerprint density at radius 1 is 1.58 bits per heavy atom. The van der Waals surface area contributed by atoms with E-state index in [0.717, 1.165) is 5.56 Å². The van der Waals surface area contributed by atoms with Crippen LogP contribution in [-0.4, -0.2) is 42.2 Å². The number of benzene rings is 1. The van der Waals surface area contributed by atoms with Crippen LogP contribution in [0.25, 0.3) is 0 Å². The topological polar surface area (TPSA) is 49.8 Å². The van der Waals surface area contributed by atoms with Gasteiger partial charge in [-0.3, -0.25) is 4.79 Å². The molecule has 0 aliphatic carbocycles. The van der Waals surface area contributed by atoms with Crippen LogP contribution in [-0.2, 0) is 4.79 Å². The fourth-order valence-electron chi connectivity index (χ4n) is 1.54. The van der Waals surface area contributed by atoms with Gasteiger partial charge >= 0.3 is 0 Å². The standard InChI is InChI=1S/C14H18ClNO3/c1-3-6-16(7-8-17)14(18)10-19-12-4-5-13(15)11(2)9-12/h3-5,9,17H,1,6-8,10H2,2H3. The molecule has 5 heteroatoms. The Bertz CT molecular complexity index is 448. The Labute approximate surface area is 118 Å². The van der Waals surface area contributed by atoms with Crippen LogP contribution in [0.4, 0.5) is 0 Å². The van der Waals surface area contributed by atoms with E-state index in [4.69, 9.17) is 21.4 Å². The molecule has 0 bridgehead atoms. The number of carbonyl (C=O) groups excluding carboxylic acids is 1. The van der Waals surface area contributed by atoms with E-state index in [2.05, 4.69) is 6.58 Å². The van der Waals surface area contributed by atoms with Crippen molar-refractivity contribution in [2.45, 2.75) is 6.92 Å². The zero-order chi connectivity index (χ0) is 14.3. The number of nitrogens with zero attached hydrogens (tertiary/aromatic N) is 1. The summed E-state index contributed by atoms with van der Waals surface area (Å²) in [6.45, 7) is 5.95. The summed E-state index contributed by atoms with van der Waals surface area (Å²) in [5.74, 6) is 0.402. The number of aliphatic hydroxyl groups excluding tert-OH is 1. The van der Waals surface area contributed by atoms with Gasteiger partial charge in [0.2, 0.25) is 0 Å². The molecule has 0 aliphatic heterocycles. The van der Waals surface area contributed by atoms with Gasteiger partial charge in [-0.15, -0.1) is 6.58 Å². The first-order valence-corrected chi connectivity index (χ1v) is 6.34. The number of aryl methyl sites for hydroxylation is 1. The number of halogens is 1. The highest BCUT2D eigenvalue weighted by atomic mass is 35.5. The minimum absolute atomic E-state index is 0.0745. The van der Waals surface area contributed by atoms with Crippen molar-refractivity contribution in [1.82, 2.24) is 4.90 Å². The summed E-state index contributed by atoms with van der Waals surface area (Å²) < 4.78 is 5.41. The normalized spacial score (nSPS) is 10.1. The van der Waals surface area contributed by atoms with E-state index in [-0.39, 0.29) is 25.7 Å². The monoisotopic (exact) mass is 283 g/mol. The van der Waals surface area contributed by atoms with Gasteiger partial charge in [-0.1, -0.05) is 17.7 Å². The number of aliphatic hydroxyl groups is 1. The van der Waals surface area contributed by atoms with Crippen molar-refractivity contribution in [1.29, 1.82) is 0 Å². The predicted molar refractivity (Wildman–Crippen MR) is 75.5 cm³/mol. The van der Waals surface area contributed by atoms with Crippen molar-refractivity contribution in [3.05, 3.63) is 41.4 Å². The fraction of sp³-hybridized carbons (Fsp3) is 0.357. The van der Waals surface area contributed by atoms with Crippen LogP contribution >= 0.6 is 11.6 Å². The van der Waals surface area contributed by atoms with Crippen molar-refractivity contribution < 1.29 is 14.6 Å². The molecule has 1 aromatic carbocycles. The first-order valence-electron chi connectivity index (χ1n) is 5.97. The lowest BCUT2D eigenvalue weighted by molar-refractivity contribution is -0.133. The molecule has 0 atom stereocenters. The quantitative estimate of drug-likeness (QED) is 0.779. The van der Waals surface area contributed by atoms with Crippen LogP contribution < -0.4 is 4.74 Å². The minimum Gasteiger partial charge on any atom is -0.484 e. The van der Waals surface area contributed by atoms with Crippen molar-refractivity contribution in [3.8, 4) is 5.75 Å². The summed E-state index contributed by atoms with van der Waals surface area (Å²) >= 11 is 5.91. The summed E-state index contributed by atoms with van der Waals surface area (Å²) in [6, 6.07) is 5.22. The summed E-state index contributed by atoms with van der Waals surface area (Å²) in [4.78, 5) is 13.3. The molecule has 0 fully saturated rings. The lowest BCUT2D eigenvalue weighted by Crippen LogP contribution is -2.37. The lowest BCUT2D eigenvalue weighted by atomic mass is 10.2. The zero-order valence-electron chi connectivity index (χ0n) is 10.9. The number of rotatable bonds is 7. The third kappa shape index (κ3) is 4.93. The van der Waals surface area contributed by atoms with Crippen LogP contribution in [0.1, 0.15) is 5.56 Å². The largest absolute Gasteiger partial charge is 0.484 e. The molecule has 19 heavy (non-hydrogen) atoms. The van der Waals surface area contributed by atoms with Crippen molar-refractivity contribution in [3.63, 3.8) is 0 Å². The summed E-state index contributed by atoms with van der Waals surface area (Å²) in [5.41, 5.74) is 0.893. The third-order valence-electron chi connectivity index (χ3n) is 2.56. The van der Waals surface area contributed by atoms with Gasteiger partial charge in [0.15, 0.2) is 6.61 Å². The van der Waals surface area contributed by atoms with Crippen LogP contribution in [0.3, 0.4) is 0 Å². The van der Waals surface area contributed by atoms with Crippen LogP contribution in [0, 0.1) is 6.92 Å². The number of hydrogen-bond donors (Lipinski definition) is 1. The molecule has 1 N–H and O–H groups in total. The second-order valence-electron chi connectivity index (χ2n) is 4.05. The van der Waals surface area contributed by atoms with Crippen molar-refractivity contribution in [2.75, 3.05) is 26.3 Å². The first kappa shape index (κ1) is 15.5.